The van der Waals surface area contributed by atoms with Gasteiger partial charge >= 0.3 is 5.97 Å². The molecule has 1 heterocycles. The third kappa shape index (κ3) is 4.82. The number of pyridine rings is 1. The van der Waals surface area contributed by atoms with Crippen molar-refractivity contribution in [2.75, 3.05) is 7.11 Å². The van der Waals surface area contributed by atoms with Gasteiger partial charge in [0.15, 0.2) is 11.6 Å². The minimum Gasteiger partial charge on any atom is -0.494 e. The van der Waals surface area contributed by atoms with Crippen molar-refractivity contribution in [2.24, 2.45) is 0 Å². The maximum absolute atomic E-state index is 14.3. The lowest BCUT2D eigenvalue weighted by Gasteiger charge is -2.18. The molecule has 1 aromatic heterocycles. The monoisotopic (exact) mass is 430 g/mol. The van der Waals surface area contributed by atoms with E-state index in [2.05, 4.69) is 10.3 Å². The fraction of sp³-hybridized carbons (Fsp3) is 0.136. The lowest BCUT2D eigenvalue weighted by molar-refractivity contribution is -0.137. The number of aliphatic carboxylic acids is 1. The zero-order valence-corrected chi connectivity index (χ0v) is 16.2. The number of hydrogen-bond donors (Lipinski definition) is 2. The normalized spacial score (nSPS) is 11.6. The SMILES string of the molecule is COc1ccc(C(=O)N[C@@H](CC(=O)O)c2ccccc2F)nc1-c1cccc(F)c1F. The Balaban J connectivity index is 1.98. The second kappa shape index (κ2) is 9.29. The van der Waals surface area contributed by atoms with Crippen LogP contribution in [0.25, 0.3) is 11.3 Å². The highest BCUT2D eigenvalue weighted by molar-refractivity contribution is 5.93. The summed E-state index contributed by atoms with van der Waals surface area (Å²) in [5, 5.41) is 11.6. The van der Waals surface area contributed by atoms with Crippen molar-refractivity contribution >= 4 is 11.9 Å². The van der Waals surface area contributed by atoms with Crippen LogP contribution in [0.4, 0.5) is 13.2 Å². The zero-order chi connectivity index (χ0) is 22.5. The lowest BCUT2D eigenvalue weighted by Crippen LogP contribution is -2.31. The first-order chi connectivity index (χ1) is 14.8. The van der Waals surface area contributed by atoms with Gasteiger partial charge in [-0.15, -0.1) is 0 Å². The number of carbonyl (C=O) groups is 2. The summed E-state index contributed by atoms with van der Waals surface area (Å²) in [6, 6.07) is 10.4. The van der Waals surface area contributed by atoms with Crippen LogP contribution in [0.5, 0.6) is 5.75 Å². The Kier molecular flexibility index (Phi) is 6.54. The third-order valence-electron chi connectivity index (χ3n) is 4.48. The minimum atomic E-state index is -1.25. The van der Waals surface area contributed by atoms with Crippen LogP contribution in [0.2, 0.25) is 0 Å². The summed E-state index contributed by atoms with van der Waals surface area (Å²) in [5.41, 5.74) is -0.565. The highest BCUT2D eigenvalue weighted by Gasteiger charge is 2.24. The number of methoxy groups -OCH3 is 1. The van der Waals surface area contributed by atoms with E-state index in [0.717, 1.165) is 12.1 Å². The van der Waals surface area contributed by atoms with Crippen LogP contribution < -0.4 is 10.1 Å². The number of nitrogens with one attached hydrogen (secondary N) is 1. The molecule has 0 radical (unpaired) electrons. The van der Waals surface area contributed by atoms with E-state index in [-0.39, 0.29) is 28.3 Å². The summed E-state index contributed by atoms with van der Waals surface area (Å²) in [4.78, 5) is 28.1. The van der Waals surface area contributed by atoms with Crippen molar-refractivity contribution < 1.29 is 32.6 Å². The predicted molar refractivity (Wildman–Crippen MR) is 105 cm³/mol. The van der Waals surface area contributed by atoms with Gasteiger partial charge in [0.05, 0.1) is 19.6 Å². The number of halogens is 3. The summed E-state index contributed by atoms with van der Waals surface area (Å²) in [7, 11) is 1.30. The fourth-order valence-electron chi connectivity index (χ4n) is 3.02. The fourth-order valence-corrected chi connectivity index (χ4v) is 3.02. The second-order valence-corrected chi connectivity index (χ2v) is 6.49. The van der Waals surface area contributed by atoms with Crippen LogP contribution in [0.3, 0.4) is 0 Å². The Bertz CT molecular complexity index is 1140. The number of amides is 1. The third-order valence-corrected chi connectivity index (χ3v) is 4.48. The molecule has 0 saturated heterocycles. The number of aromatic nitrogens is 1. The van der Waals surface area contributed by atoms with Gasteiger partial charge in [-0.05, 0) is 30.3 Å². The molecule has 6 nitrogen and oxygen atoms in total. The van der Waals surface area contributed by atoms with E-state index < -0.39 is 41.8 Å². The van der Waals surface area contributed by atoms with Crippen molar-refractivity contribution in [1.29, 1.82) is 0 Å². The van der Waals surface area contributed by atoms with Gasteiger partial charge in [-0.3, -0.25) is 9.59 Å². The van der Waals surface area contributed by atoms with Gasteiger partial charge < -0.3 is 15.2 Å². The number of ether oxygens (including phenoxy) is 1. The Morgan fingerprint density at radius 2 is 1.74 bits per heavy atom. The Morgan fingerprint density at radius 3 is 2.42 bits per heavy atom. The predicted octanol–water partition coefficient (Wildman–Crippen LogP) is 4.12. The van der Waals surface area contributed by atoms with Crippen LogP contribution in [0.1, 0.15) is 28.5 Å². The minimum absolute atomic E-state index is 0.0110. The summed E-state index contributed by atoms with van der Waals surface area (Å²) >= 11 is 0. The number of carboxylic acid groups (broad SMARTS) is 1. The van der Waals surface area contributed by atoms with Crippen LogP contribution in [-0.4, -0.2) is 29.1 Å². The van der Waals surface area contributed by atoms with Crippen LogP contribution in [0.15, 0.2) is 54.6 Å². The molecule has 1 atom stereocenters. The lowest BCUT2D eigenvalue weighted by atomic mass is 10.0. The molecule has 2 N–H and O–H groups in total. The number of rotatable bonds is 7. The molecule has 0 spiro atoms. The summed E-state index contributed by atoms with van der Waals surface area (Å²) in [5.74, 6) is -4.93. The molecule has 0 fully saturated rings. The van der Waals surface area contributed by atoms with Gasteiger partial charge in [0.25, 0.3) is 5.91 Å². The van der Waals surface area contributed by atoms with E-state index in [1.807, 2.05) is 0 Å². The van der Waals surface area contributed by atoms with Gasteiger partial charge in [0.2, 0.25) is 0 Å². The first-order valence-electron chi connectivity index (χ1n) is 9.08. The Morgan fingerprint density at radius 1 is 1.03 bits per heavy atom. The second-order valence-electron chi connectivity index (χ2n) is 6.49. The molecule has 0 aliphatic rings. The molecule has 0 bridgehead atoms. The standard InChI is InChI=1S/C22H17F3N2O4/c1-31-18-10-9-16(26-21(18)13-6-4-8-15(24)20(13)25)22(30)27-17(11-19(28)29)12-5-2-3-7-14(12)23/h2-10,17H,11H2,1H3,(H,27,30)(H,28,29)/t17-/m0/s1. The first-order valence-corrected chi connectivity index (χ1v) is 9.08. The quantitative estimate of drug-likeness (QED) is 0.589. The molecule has 31 heavy (non-hydrogen) atoms. The van der Waals surface area contributed by atoms with Crippen LogP contribution in [-0.2, 0) is 4.79 Å². The van der Waals surface area contributed by atoms with E-state index in [4.69, 9.17) is 9.84 Å². The highest BCUT2D eigenvalue weighted by atomic mass is 19.2. The van der Waals surface area contributed by atoms with Crippen molar-refractivity contribution in [2.45, 2.75) is 12.5 Å². The van der Waals surface area contributed by atoms with Gasteiger partial charge in [-0.1, -0.05) is 24.3 Å². The van der Waals surface area contributed by atoms with Gasteiger partial charge in [-0.25, -0.2) is 18.2 Å². The van der Waals surface area contributed by atoms with Gasteiger partial charge in [0.1, 0.15) is 23.0 Å². The maximum atomic E-state index is 14.3. The molecule has 160 valence electrons. The molecule has 3 aromatic rings. The van der Waals surface area contributed by atoms with E-state index in [9.17, 15) is 22.8 Å². The van der Waals surface area contributed by atoms with Crippen LogP contribution >= 0.6 is 0 Å². The zero-order valence-electron chi connectivity index (χ0n) is 16.2. The molecule has 0 unspecified atom stereocenters. The summed E-state index contributed by atoms with van der Waals surface area (Å²) in [6.07, 6.45) is -0.575. The molecule has 2 aromatic carbocycles. The topological polar surface area (TPSA) is 88.5 Å². The smallest absolute Gasteiger partial charge is 0.305 e. The number of benzene rings is 2. The average Bonchev–Trinajstić information content (AvgIpc) is 2.74. The average molecular weight is 430 g/mol. The number of carbonyl (C=O) groups excluding carboxylic acids is 1. The number of nitrogens with zero attached hydrogens (tertiary/aromatic N) is 1. The Labute approximate surface area is 175 Å². The summed E-state index contributed by atoms with van der Waals surface area (Å²) in [6.45, 7) is 0. The van der Waals surface area contributed by atoms with Crippen LogP contribution in [0, 0.1) is 17.5 Å². The molecule has 0 saturated carbocycles. The van der Waals surface area contributed by atoms with E-state index in [0.29, 0.717) is 0 Å². The number of hydrogen-bond acceptors (Lipinski definition) is 4. The van der Waals surface area contributed by atoms with E-state index in [1.54, 1.807) is 0 Å². The molecular formula is C22H17F3N2O4. The van der Waals surface area contributed by atoms with Crippen molar-refractivity contribution in [3.8, 4) is 17.0 Å². The van der Waals surface area contributed by atoms with Gasteiger partial charge in [-0.2, -0.15) is 0 Å². The highest BCUT2D eigenvalue weighted by Crippen LogP contribution is 2.31. The Hall–Kier alpha value is -3.88. The molecule has 0 aliphatic heterocycles. The van der Waals surface area contributed by atoms with Crippen molar-refractivity contribution in [3.63, 3.8) is 0 Å². The molecule has 0 aliphatic carbocycles. The number of carboxylic acids is 1. The maximum Gasteiger partial charge on any atom is 0.305 e. The van der Waals surface area contributed by atoms with E-state index >= 15 is 0 Å². The van der Waals surface area contributed by atoms with Crippen molar-refractivity contribution in [1.82, 2.24) is 10.3 Å². The molecule has 9 heteroatoms. The molecule has 3 rings (SSSR count). The van der Waals surface area contributed by atoms with Gasteiger partial charge in [0, 0.05) is 11.1 Å². The van der Waals surface area contributed by atoms with Crippen molar-refractivity contribution in [3.05, 3.63) is 83.3 Å². The largest absolute Gasteiger partial charge is 0.494 e. The molecule has 1 amide bonds. The summed E-state index contributed by atoms with van der Waals surface area (Å²) < 4.78 is 47.2. The first kappa shape index (κ1) is 21.8. The van der Waals surface area contributed by atoms with E-state index in [1.165, 1.54) is 49.6 Å². The molecular weight excluding hydrogens is 413 g/mol.